The highest BCUT2D eigenvalue weighted by Crippen LogP contribution is 2.33. The standard InChI is InChI=1S/C19H25N5O2S/c1-13-12-26-9-8-24(13)18-11-17(23-27(2,25)16-6-7-16)21-19(22-18)14-4-3-5-15(20)10-14/h3-5,10-11,13,16H,6-9,12,20H2,1-2H3/t13-,27-/m1/s1. The molecule has 1 saturated carbocycles. The van der Waals surface area contributed by atoms with Crippen LogP contribution >= 0.6 is 0 Å². The molecule has 0 spiro atoms. The number of nitrogens with zero attached hydrogens (tertiary/aromatic N) is 4. The van der Waals surface area contributed by atoms with Crippen LogP contribution in [0.2, 0.25) is 0 Å². The predicted octanol–water partition coefficient (Wildman–Crippen LogP) is 2.84. The van der Waals surface area contributed by atoms with Gasteiger partial charge in [0, 0.05) is 35.4 Å². The van der Waals surface area contributed by atoms with E-state index in [2.05, 4.69) is 21.2 Å². The van der Waals surface area contributed by atoms with Crippen LogP contribution in [0.1, 0.15) is 19.8 Å². The van der Waals surface area contributed by atoms with Gasteiger partial charge in [0.2, 0.25) is 0 Å². The summed E-state index contributed by atoms with van der Waals surface area (Å²) in [5, 5.41) is 0.175. The molecular weight excluding hydrogens is 362 g/mol. The Labute approximate surface area is 160 Å². The maximum absolute atomic E-state index is 12.9. The van der Waals surface area contributed by atoms with Gasteiger partial charge in [-0.05, 0) is 31.9 Å². The number of hydrogen-bond acceptors (Lipinski definition) is 7. The molecule has 8 heteroatoms. The molecule has 2 aromatic rings. The summed E-state index contributed by atoms with van der Waals surface area (Å²) in [5.41, 5.74) is 7.41. The van der Waals surface area contributed by atoms with Crippen molar-refractivity contribution in [1.29, 1.82) is 0 Å². The number of rotatable bonds is 4. The van der Waals surface area contributed by atoms with E-state index in [9.17, 15) is 4.21 Å². The van der Waals surface area contributed by atoms with Gasteiger partial charge < -0.3 is 15.4 Å². The highest BCUT2D eigenvalue weighted by Gasteiger charge is 2.31. The van der Waals surface area contributed by atoms with Crippen LogP contribution < -0.4 is 10.6 Å². The van der Waals surface area contributed by atoms with Crippen molar-refractivity contribution in [2.75, 3.05) is 36.6 Å². The molecule has 2 heterocycles. The van der Waals surface area contributed by atoms with Crippen LogP contribution in [0.25, 0.3) is 11.4 Å². The molecule has 0 radical (unpaired) electrons. The zero-order valence-corrected chi connectivity index (χ0v) is 16.5. The monoisotopic (exact) mass is 387 g/mol. The third-order valence-electron chi connectivity index (χ3n) is 4.92. The summed E-state index contributed by atoms with van der Waals surface area (Å²) in [4.78, 5) is 11.5. The molecule has 1 aliphatic heterocycles. The summed E-state index contributed by atoms with van der Waals surface area (Å²) >= 11 is 0. The van der Waals surface area contributed by atoms with Gasteiger partial charge in [-0.2, -0.15) is 4.36 Å². The van der Waals surface area contributed by atoms with E-state index < -0.39 is 9.73 Å². The number of hydrogen-bond donors (Lipinski definition) is 1. The van der Waals surface area contributed by atoms with Crippen molar-refractivity contribution in [3.05, 3.63) is 30.3 Å². The van der Waals surface area contributed by atoms with Gasteiger partial charge in [0.25, 0.3) is 0 Å². The van der Waals surface area contributed by atoms with Crippen molar-refractivity contribution in [3.63, 3.8) is 0 Å². The lowest BCUT2D eigenvalue weighted by atomic mass is 10.2. The van der Waals surface area contributed by atoms with Crippen LogP contribution in [0.3, 0.4) is 0 Å². The second-order valence-electron chi connectivity index (χ2n) is 7.30. The van der Waals surface area contributed by atoms with Crippen molar-refractivity contribution in [1.82, 2.24) is 9.97 Å². The zero-order valence-electron chi connectivity index (χ0n) is 15.7. The lowest BCUT2D eigenvalue weighted by Gasteiger charge is -2.34. The summed E-state index contributed by atoms with van der Waals surface area (Å²) in [7, 11) is -2.29. The molecule has 0 unspecified atom stereocenters. The van der Waals surface area contributed by atoms with E-state index in [4.69, 9.17) is 15.5 Å². The van der Waals surface area contributed by atoms with Crippen LogP contribution in [-0.2, 0) is 14.5 Å². The third kappa shape index (κ3) is 4.06. The summed E-state index contributed by atoms with van der Waals surface area (Å²) in [6, 6.07) is 9.51. The van der Waals surface area contributed by atoms with E-state index in [0.717, 1.165) is 30.8 Å². The Morgan fingerprint density at radius 1 is 1.30 bits per heavy atom. The Hall–Kier alpha value is -2.19. The van der Waals surface area contributed by atoms with Gasteiger partial charge >= 0.3 is 0 Å². The average molecular weight is 388 g/mol. The fourth-order valence-corrected chi connectivity index (χ4v) is 4.88. The molecule has 1 aromatic carbocycles. The number of morpholine rings is 1. The first kappa shape index (κ1) is 18.2. The van der Waals surface area contributed by atoms with Crippen molar-refractivity contribution >= 4 is 27.1 Å². The van der Waals surface area contributed by atoms with Crippen LogP contribution in [0.5, 0.6) is 0 Å². The number of anilines is 2. The molecule has 7 nitrogen and oxygen atoms in total. The number of ether oxygens (including phenoxy) is 1. The molecule has 0 amide bonds. The highest BCUT2D eigenvalue weighted by atomic mass is 32.2. The normalized spacial score (nSPS) is 22.3. The summed E-state index contributed by atoms with van der Waals surface area (Å²) in [6.45, 7) is 4.15. The van der Waals surface area contributed by atoms with Gasteiger partial charge in [-0.3, -0.25) is 0 Å². The minimum Gasteiger partial charge on any atom is -0.399 e. The van der Waals surface area contributed by atoms with E-state index in [1.165, 1.54) is 0 Å². The van der Waals surface area contributed by atoms with Crippen LogP contribution in [0, 0.1) is 0 Å². The molecule has 144 valence electrons. The van der Waals surface area contributed by atoms with Crippen molar-refractivity contribution in [3.8, 4) is 11.4 Å². The van der Waals surface area contributed by atoms with Crippen molar-refractivity contribution in [2.24, 2.45) is 4.36 Å². The minimum absolute atomic E-state index is 0.175. The molecule has 1 aromatic heterocycles. The largest absolute Gasteiger partial charge is 0.399 e. The maximum Gasteiger partial charge on any atom is 0.167 e. The third-order valence-corrected chi connectivity index (χ3v) is 7.18. The topological polar surface area (TPSA) is 93.7 Å². The van der Waals surface area contributed by atoms with E-state index in [-0.39, 0.29) is 11.3 Å². The smallest absolute Gasteiger partial charge is 0.167 e. The average Bonchev–Trinajstić information content (AvgIpc) is 3.47. The summed E-state index contributed by atoms with van der Waals surface area (Å²) in [5.74, 6) is 1.79. The predicted molar refractivity (Wildman–Crippen MR) is 109 cm³/mol. The maximum atomic E-state index is 12.9. The van der Waals surface area contributed by atoms with Gasteiger partial charge in [-0.15, -0.1) is 0 Å². The molecule has 2 atom stereocenters. The lowest BCUT2D eigenvalue weighted by Crippen LogP contribution is -2.44. The number of aromatic nitrogens is 2. The molecule has 1 saturated heterocycles. The summed E-state index contributed by atoms with van der Waals surface area (Å²) in [6.07, 6.45) is 3.67. The molecule has 1 aliphatic carbocycles. The van der Waals surface area contributed by atoms with E-state index in [1.54, 1.807) is 6.26 Å². The Balaban J connectivity index is 1.82. The van der Waals surface area contributed by atoms with Crippen LogP contribution in [0.15, 0.2) is 34.7 Å². The highest BCUT2D eigenvalue weighted by molar-refractivity contribution is 7.93. The molecule has 2 aliphatic rings. The second kappa shape index (κ2) is 7.09. The SMILES string of the molecule is C[C@@H]1COCCN1c1cc(N=[S@](C)(=O)C2CC2)nc(-c2cccc(N)c2)n1. The van der Waals surface area contributed by atoms with E-state index >= 15 is 0 Å². The second-order valence-corrected chi connectivity index (χ2v) is 9.87. The fourth-order valence-electron chi connectivity index (χ4n) is 3.26. The quantitative estimate of drug-likeness (QED) is 0.811. The Kier molecular flexibility index (Phi) is 4.77. The first-order valence-corrected chi connectivity index (χ1v) is 11.2. The van der Waals surface area contributed by atoms with Crippen molar-refractivity contribution < 1.29 is 8.95 Å². The minimum atomic E-state index is -2.29. The first-order valence-electron chi connectivity index (χ1n) is 9.23. The van der Waals surface area contributed by atoms with E-state index in [0.29, 0.717) is 30.5 Å². The van der Waals surface area contributed by atoms with Gasteiger partial charge in [-0.1, -0.05) is 12.1 Å². The first-order chi connectivity index (χ1) is 12.9. The van der Waals surface area contributed by atoms with Gasteiger partial charge in [0.05, 0.1) is 29.0 Å². The number of nitrogen functional groups attached to an aromatic ring is 1. The molecule has 27 heavy (non-hydrogen) atoms. The van der Waals surface area contributed by atoms with Gasteiger partial charge in [0.1, 0.15) is 5.82 Å². The zero-order chi connectivity index (χ0) is 19.0. The summed E-state index contributed by atoms with van der Waals surface area (Å²) < 4.78 is 23.0. The molecule has 2 N–H and O–H groups in total. The number of nitrogens with two attached hydrogens (primary N) is 1. The van der Waals surface area contributed by atoms with Crippen molar-refractivity contribution in [2.45, 2.75) is 31.1 Å². The Morgan fingerprint density at radius 2 is 2.11 bits per heavy atom. The van der Waals surface area contributed by atoms with Crippen LogP contribution in [-0.4, -0.2) is 51.5 Å². The van der Waals surface area contributed by atoms with Crippen LogP contribution in [0.4, 0.5) is 17.3 Å². The molecular formula is C19H25N5O2S. The molecule has 4 rings (SSSR count). The number of benzene rings is 1. The Morgan fingerprint density at radius 3 is 2.81 bits per heavy atom. The van der Waals surface area contributed by atoms with E-state index in [1.807, 2.05) is 30.3 Å². The fraction of sp³-hybridized carbons (Fsp3) is 0.474. The van der Waals surface area contributed by atoms with Gasteiger partial charge in [0.15, 0.2) is 11.6 Å². The molecule has 2 fully saturated rings. The molecule has 0 bridgehead atoms. The lowest BCUT2D eigenvalue weighted by molar-refractivity contribution is 0.0985. The Bertz CT molecular complexity index is 966. The van der Waals surface area contributed by atoms with Gasteiger partial charge in [-0.25, -0.2) is 14.2 Å².